The lowest BCUT2D eigenvalue weighted by Gasteiger charge is -2.24. The van der Waals surface area contributed by atoms with E-state index in [1.165, 1.54) is 11.8 Å². The molecule has 23 heavy (non-hydrogen) atoms. The summed E-state index contributed by atoms with van der Waals surface area (Å²) in [5.41, 5.74) is 3.43. The van der Waals surface area contributed by atoms with Crippen LogP contribution in [-0.2, 0) is 16.4 Å². The third-order valence-corrected chi connectivity index (χ3v) is 5.76. The first-order chi connectivity index (χ1) is 11.0. The second-order valence-electron chi connectivity index (χ2n) is 6.04. The van der Waals surface area contributed by atoms with Crippen LogP contribution in [-0.4, -0.2) is 50.1 Å². The quantitative estimate of drug-likeness (QED) is 0.865. The highest BCUT2D eigenvalue weighted by molar-refractivity contribution is 7.88. The first kappa shape index (κ1) is 16.2. The molecule has 0 atom stereocenters. The highest BCUT2D eigenvalue weighted by Crippen LogP contribution is 2.27. The predicted octanol–water partition coefficient (Wildman–Crippen LogP) is 2.27. The van der Waals surface area contributed by atoms with Crippen LogP contribution < -0.4 is 4.90 Å². The summed E-state index contributed by atoms with van der Waals surface area (Å²) in [5.74, 6) is 0. The fraction of sp³-hybridized carbons (Fsp3) is 0.471. The third kappa shape index (κ3) is 3.48. The van der Waals surface area contributed by atoms with E-state index in [9.17, 15) is 8.42 Å². The zero-order chi connectivity index (χ0) is 16.4. The van der Waals surface area contributed by atoms with Crippen molar-refractivity contribution >= 4 is 26.6 Å². The maximum Gasteiger partial charge on any atom is 0.211 e. The summed E-state index contributed by atoms with van der Waals surface area (Å²) in [6.07, 6.45) is 4.96. The van der Waals surface area contributed by atoms with Gasteiger partial charge in [-0.25, -0.2) is 12.7 Å². The molecule has 1 aromatic heterocycles. The molecule has 124 valence electrons. The van der Waals surface area contributed by atoms with Gasteiger partial charge in [0.05, 0.1) is 11.8 Å². The minimum absolute atomic E-state index is 0.538. The van der Waals surface area contributed by atoms with E-state index in [1.807, 2.05) is 12.3 Å². The van der Waals surface area contributed by atoms with Crippen LogP contribution in [0.3, 0.4) is 0 Å². The number of pyridine rings is 1. The highest BCUT2D eigenvalue weighted by atomic mass is 32.2. The Kier molecular flexibility index (Phi) is 4.55. The topological polar surface area (TPSA) is 53.5 Å². The average Bonchev–Trinajstić information content (AvgIpc) is 2.79. The molecule has 0 saturated carbocycles. The summed E-state index contributed by atoms with van der Waals surface area (Å²) in [5, 5.41) is 1.15. The number of rotatable bonds is 3. The number of benzene rings is 1. The van der Waals surface area contributed by atoms with E-state index < -0.39 is 10.0 Å². The standard InChI is InChI=1S/C17H23N3O2S/c1-3-14-5-6-16-15(13-14)17(7-8-18-16)19-9-4-10-20(12-11-19)23(2,21)22/h5-8,13H,3-4,9-12H2,1-2H3. The van der Waals surface area contributed by atoms with E-state index in [2.05, 4.69) is 35.0 Å². The molecule has 1 aromatic carbocycles. The van der Waals surface area contributed by atoms with Crippen molar-refractivity contribution in [2.24, 2.45) is 0 Å². The van der Waals surface area contributed by atoms with Crippen molar-refractivity contribution in [1.29, 1.82) is 0 Å². The Hall–Kier alpha value is -1.66. The van der Waals surface area contributed by atoms with E-state index in [-0.39, 0.29) is 0 Å². The SMILES string of the molecule is CCc1ccc2nccc(N3CCCN(S(C)(=O)=O)CC3)c2c1. The fourth-order valence-electron chi connectivity index (χ4n) is 3.14. The van der Waals surface area contributed by atoms with Crippen LogP contribution >= 0.6 is 0 Å². The molecular formula is C17H23N3O2S. The number of aryl methyl sites for hydroxylation is 1. The largest absolute Gasteiger partial charge is 0.370 e. The Morgan fingerprint density at radius 3 is 2.70 bits per heavy atom. The number of hydrogen-bond acceptors (Lipinski definition) is 4. The van der Waals surface area contributed by atoms with E-state index in [0.29, 0.717) is 19.6 Å². The maximum absolute atomic E-state index is 11.8. The first-order valence-electron chi connectivity index (χ1n) is 8.07. The Labute approximate surface area is 138 Å². The molecule has 3 rings (SSSR count). The van der Waals surface area contributed by atoms with Gasteiger partial charge in [0.25, 0.3) is 0 Å². The molecule has 0 unspecified atom stereocenters. The summed E-state index contributed by atoms with van der Waals surface area (Å²) >= 11 is 0. The molecule has 0 radical (unpaired) electrons. The van der Waals surface area contributed by atoms with Crippen molar-refractivity contribution in [2.75, 3.05) is 37.3 Å². The predicted molar refractivity (Wildman–Crippen MR) is 94.4 cm³/mol. The molecule has 0 amide bonds. The molecular weight excluding hydrogens is 310 g/mol. The molecule has 0 aliphatic carbocycles. The first-order valence-corrected chi connectivity index (χ1v) is 9.91. The average molecular weight is 333 g/mol. The number of sulfonamides is 1. The van der Waals surface area contributed by atoms with Gasteiger partial charge in [-0.3, -0.25) is 4.98 Å². The van der Waals surface area contributed by atoms with Crippen molar-refractivity contribution in [3.05, 3.63) is 36.0 Å². The molecule has 5 nitrogen and oxygen atoms in total. The van der Waals surface area contributed by atoms with Gasteiger partial charge < -0.3 is 4.90 Å². The van der Waals surface area contributed by atoms with Crippen LogP contribution in [0.15, 0.2) is 30.5 Å². The Balaban J connectivity index is 1.94. The Morgan fingerprint density at radius 2 is 1.96 bits per heavy atom. The van der Waals surface area contributed by atoms with E-state index >= 15 is 0 Å². The lowest BCUT2D eigenvalue weighted by Crippen LogP contribution is -2.34. The summed E-state index contributed by atoms with van der Waals surface area (Å²) in [4.78, 5) is 6.74. The lowest BCUT2D eigenvalue weighted by atomic mass is 10.1. The number of nitrogens with zero attached hydrogens (tertiary/aromatic N) is 3. The van der Waals surface area contributed by atoms with Gasteiger partial charge in [0, 0.05) is 43.4 Å². The number of hydrogen-bond donors (Lipinski definition) is 0. The molecule has 1 saturated heterocycles. The molecule has 1 fully saturated rings. The summed E-state index contributed by atoms with van der Waals surface area (Å²) in [6.45, 7) is 4.85. The van der Waals surface area contributed by atoms with E-state index in [4.69, 9.17) is 0 Å². The van der Waals surface area contributed by atoms with Gasteiger partial charge in [-0.2, -0.15) is 0 Å². The van der Waals surface area contributed by atoms with Crippen molar-refractivity contribution in [3.63, 3.8) is 0 Å². The molecule has 2 aromatic rings. The summed E-state index contributed by atoms with van der Waals surface area (Å²) in [6, 6.07) is 8.43. The second-order valence-corrected chi connectivity index (χ2v) is 8.02. The molecule has 0 bridgehead atoms. The number of anilines is 1. The van der Waals surface area contributed by atoms with Gasteiger partial charge in [-0.15, -0.1) is 0 Å². The maximum atomic E-state index is 11.8. The van der Waals surface area contributed by atoms with Gasteiger partial charge in [0.2, 0.25) is 10.0 Å². The van der Waals surface area contributed by atoms with Gasteiger partial charge in [-0.05, 0) is 36.6 Å². The molecule has 0 spiro atoms. The highest BCUT2D eigenvalue weighted by Gasteiger charge is 2.22. The Bertz CT molecular complexity index is 805. The molecule has 1 aliphatic heterocycles. The fourth-order valence-corrected chi connectivity index (χ4v) is 4.01. The van der Waals surface area contributed by atoms with Gasteiger partial charge in [0.15, 0.2) is 0 Å². The van der Waals surface area contributed by atoms with Crippen molar-refractivity contribution < 1.29 is 8.42 Å². The monoisotopic (exact) mass is 333 g/mol. The van der Waals surface area contributed by atoms with E-state index in [1.54, 1.807) is 4.31 Å². The smallest absolute Gasteiger partial charge is 0.211 e. The minimum Gasteiger partial charge on any atom is -0.370 e. The normalized spacial score (nSPS) is 17.4. The molecule has 0 N–H and O–H groups in total. The number of fused-ring (bicyclic) bond motifs is 1. The number of aromatic nitrogens is 1. The summed E-state index contributed by atoms with van der Waals surface area (Å²) in [7, 11) is -3.11. The van der Waals surface area contributed by atoms with E-state index in [0.717, 1.165) is 36.0 Å². The zero-order valence-corrected chi connectivity index (χ0v) is 14.5. The van der Waals surface area contributed by atoms with Gasteiger partial charge in [-0.1, -0.05) is 13.0 Å². The zero-order valence-electron chi connectivity index (χ0n) is 13.7. The lowest BCUT2D eigenvalue weighted by molar-refractivity contribution is 0.437. The van der Waals surface area contributed by atoms with Crippen molar-refractivity contribution in [2.45, 2.75) is 19.8 Å². The molecule has 6 heteroatoms. The molecule has 1 aliphatic rings. The van der Waals surface area contributed by atoms with Gasteiger partial charge in [0.1, 0.15) is 0 Å². The molecule has 2 heterocycles. The second kappa shape index (κ2) is 6.45. The van der Waals surface area contributed by atoms with Crippen LogP contribution in [0.2, 0.25) is 0 Å². The van der Waals surface area contributed by atoms with Crippen LogP contribution in [0.4, 0.5) is 5.69 Å². The van der Waals surface area contributed by atoms with Crippen LogP contribution in [0, 0.1) is 0 Å². The van der Waals surface area contributed by atoms with Gasteiger partial charge >= 0.3 is 0 Å². The van der Waals surface area contributed by atoms with Crippen LogP contribution in [0.5, 0.6) is 0 Å². The third-order valence-electron chi connectivity index (χ3n) is 4.46. The Morgan fingerprint density at radius 1 is 1.13 bits per heavy atom. The van der Waals surface area contributed by atoms with Crippen LogP contribution in [0.1, 0.15) is 18.9 Å². The van der Waals surface area contributed by atoms with Crippen LogP contribution in [0.25, 0.3) is 10.9 Å². The van der Waals surface area contributed by atoms with Crippen molar-refractivity contribution in [1.82, 2.24) is 9.29 Å². The van der Waals surface area contributed by atoms with Crippen molar-refractivity contribution in [3.8, 4) is 0 Å². The summed E-state index contributed by atoms with van der Waals surface area (Å²) < 4.78 is 25.1. The minimum atomic E-state index is -3.11.